The fourth-order valence-electron chi connectivity index (χ4n) is 4.45. The third-order valence-electron chi connectivity index (χ3n) is 6.46. The molecule has 10 nitrogen and oxygen atoms in total. The molecule has 1 amide bonds. The number of aryl methyl sites for hydroxylation is 1. The first-order valence-electron chi connectivity index (χ1n) is 11.9. The van der Waals surface area contributed by atoms with Crippen LogP contribution in [0.1, 0.15) is 18.4 Å². The molecule has 3 heterocycles. The fraction of sp³-hybridized carbons (Fsp3) is 0.400. The number of ether oxygens (including phenoxy) is 3. The maximum atomic E-state index is 13.3. The van der Waals surface area contributed by atoms with Crippen molar-refractivity contribution < 1.29 is 32.2 Å². The molecular weight excluding hydrogens is 518 g/mol. The molecule has 37 heavy (non-hydrogen) atoms. The van der Waals surface area contributed by atoms with Gasteiger partial charge < -0.3 is 18.8 Å². The van der Waals surface area contributed by atoms with Gasteiger partial charge in [-0.15, -0.1) is 0 Å². The summed E-state index contributed by atoms with van der Waals surface area (Å²) >= 11 is 1.25. The van der Waals surface area contributed by atoms with Crippen LogP contribution in [-0.2, 0) is 30.9 Å². The van der Waals surface area contributed by atoms with Gasteiger partial charge in [0.05, 0.1) is 28.1 Å². The Bertz CT molecular complexity index is 1520. The van der Waals surface area contributed by atoms with Gasteiger partial charge in [-0.1, -0.05) is 29.0 Å². The zero-order chi connectivity index (χ0) is 26.2. The highest BCUT2D eigenvalue weighted by Gasteiger charge is 2.33. The van der Waals surface area contributed by atoms with Crippen molar-refractivity contribution >= 4 is 43.5 Å². The average molecular weight is 546 g/mol. The first-order chi connectivity index (χ1) is 17.8. The maximum Gasteiger partial charge on any atom is 0.325 e. The molecule has 2 aliphatic rings. The van der Waals surface area contributed by atoms with Crippen molar-refractivity contribution in [3.05, 3.63) is 46.8 Å². The third-order valence-corrected chi connectivity index (χ3v) is 9.38. The standard InChI is InChI=1S/C25H27N3O7S2/c1-16-5-7-18(8-6-16)37(31,32)27-9-3-4-17(14-27)24(30)26-25-28(15-23(29)33-2)19-12-20-21(13-22(19)36-25)35-11-10-34-20/h5-8,12-13,17H,3-4,9-11,14-15H2,1-2H3. The third kappa shape index (κ3) is 5.13. The first-order valence-corrected chi connectivity index (χ1v) is 14.2. The molecule has 0 saturated carbocycles. The molecule has 1 saturated heterocycles. The van der Waals surface area contributed by atoms with Crippen molar-refractivity contribution in [1.29, 1.82) is 0 Å². The number of hydrogen-bond acceptors (Lipinski definition) is 8. The van der Waals surface area contributed by atoms with Gasteiger partial charge in [-0.2, -0.15) is 9.30 Å². The number of sulfonamides is 1. The number of aromatic nitrogens is 1. The molecule has 1 aromatic heterocycles. The van der Waals surface area contributed by atoms with E-state index in [2.05, 4.69) is 4.99 Å². The predicted molar refractivity (Wildman–Crippen MR) is 136 cm³/mol. The Balaban J connectivity index is 1.47. The number of carbonyl (C=O) groups is 2. The van der Waals surface area contributed by atoms with E-state index in [9.17, 15) is 18.0 Å². The molecular formula is C25H27N3O7S2. The number of amides is 1. The summed E-state index contributed by atoms with van der Waals surface area (Å²) in [5.41, 5.74) is 1.63. The molecule has 1 atom stereocenters. The minimum absolute atomic E-state index is 0.0520. The van der Waals surface area contributed by atoms with Gasteiger partial charge in [0.2, 0.25) is 10.0 Å². The number of benzene rings is 2. The van der Waals surface area contributed by atoms with Crippen molar-refractivity contribution in [2.45, 2.75) is 31.2 Å². The molecule has 1 fully saturated rings. The lowest BCUT2D eigenvalue weighted by molar-refractivity contribution is -0.141. The van der Waals surface area contributed by atoms with E-state index in [1.54, 1.807) is 34.9 Å². The predicted octanol–water partition coefficient (Wildman–Crippen LogP) is 2.48. The number of carbonyl (C=O) groups excluding carboxylic acids is 2. The Morgan fingerprint density at radius 2 is 1.84 bits per heavy atom. The van der Waals surface area contributed by atoms with Crippen molar-refractivity contribution in [1.82, 2.24) is 8.87 Å². The minimum atomic E-state index is -3.73. The second-order valence-corrected chi connectivity index (χ2v) is 11.9. The highest BCUT2D eigenvalue weighted by atomic mass is 32.2. The zero-order valence-corrected chi connectivity index (χ0v) is 22.1. The Kier molecular flexibility index (Phi) is 7.06. The molecule has 0 spiro atoms. The van der Waals surface area contributed by atoms with E-state index in [1.807, 2.05) is 13.0 Å². The van der Waals surface area contributed by atoms with Crippen LogP contribution in [0.5, 0.6) is 11.5 Å². The van der Waals surface area contributed by atoms with Gasteiger partial charge in [-0.3, -0.25) is 9.59 Å². The maximum absolute atomic E-state index is 13.3. The Hall–Kier alpha value is -3.22. The molecule has 0 aliphatic carbocycles. The van der Waals surface area contributed by atoms with E-state index in [-0.39, 0.29) is 18.0 Å². The SMILES string of the molecule is COC(=O)Cn1c(=NC(=O)C2CCCN(S(=O)(=O)c3ccc(C)cc3)C2)sc2cc3c(cc21)OCCO3. The van der Waals surface area contributed by atoms with Gasteiger partial charge in [0.15, 0.2) is 16.3 Å². The molecule has 0 N–H and O–H groups in total. The van der Waals surface area contributed by atoms with Crippen molar-refractivity contribution in [3.63, 3.8) is 0 Å². The molecule has 12 heteroatoms. The summed E-state index contributed by atoms with van der Waals surface area (Å²) in [4.78, 5) is 30.4. The van der Waals surface area contributed by atoms with Crippen LogP contribution in [0.15, 0.2) is 46.3 Å². The van der Waals surface area contributed by atoms with Gasteiger partial charge >= 0.3 is 5.97 Å². The average Bonchev–Trinajstić information content (AvgIpc) is 3.22. The smallest absolute Gasteiger partial charge is 0.325 e. The van der Waals surface area contributed by atoms with Gasteiger partial charge in [0.25, 0.3) is 5.91 Å². The van der Waals surface area contributed by atoms with Crippen molar-refractivity contribution in [2.24, 2.45) is 10.9 Å². The quantitative estimate of drug-likeness (QED) is 0.452. The van der Waals surface area contributed by atoms with E-state index >= 15 is 0 Å². The highest BCUT2D eigenvalue weighted by molar-refractivity contribution is 7.89. The van der Waals surface area contributed by atoms with Gasteiger partial charge in [0.1, 0.15) is 19.8 Å². The number of rotatable bonds is 5. The van der Waals surface area contributed by atoms with Crippen LogP contribution >= 0.6 is 11.3 Å². The van der Waals surface area contributed by atoms with Crippen LogP contribution in [0.3, 0.4) is 0 Å². The van der Waals surface area contributed by atoms with Gasteiger partial charge in [-0.25, -0.2) is 8.42 Å². The number of piperidine rings is 1. The van der Waals surface area contributed by atoms with E-state index in [0.717, 1.165) is 10.3 Å². The summed E-state index contributed by atoms with van der Waals surface area (Å²) in [6, 6.07) is 10.3. The Labute approximate surface area is 218 Å². The lowest BCUT2D eigenvalue weighted by atomic mass is 9.99. The highest BCUT2D eigenvalue weighted by Crippen LogP contribution is 2.35. The van der Waals surface area contributed by atoms with E-state index in [1.165, 1.54) is 22.8 Å². The monoisotopic (exact) mass is 545 g/mol. The number of hydrogen-bond donors (Lipinski definition) is 0. The summed E-state index contributed by atoms with van der Waals surface area (Å²) in [7, 11) is -2.43. The number of esters is 1. The van der Waals surface area contributed by atoms with Crippen LogP contribution in [0.4, 0.5) is 0 Å². The lowest BCUT2D eigenvalue weighted by Gasteiger charge is -2.30. The van der Waals surface area contributed by atoms with E-state index < -0.39 is 27.8 Å². The Morgan fingerprint density at radius 1 is 1.14 bits per heavy atom. The number of methoxy groups -OCH3 is 1. The van der Waals surface area contributed by atoms with Crippen molar-refractivity contribution in [3.8, 4) is 11.5 Å². The van der Waals surface area contributed by atoms with Crippen LogP contribution < -0.4 is 14.3 Å². The summed E-state index contributed by atoms with van der Waals surface area (Å²) in [6.07, 6.45) is 1.08. The number of thiazole rings is 1. The van der Waals surface area contributed by atoms with E-state index in [4.69, 9.17) is 14.2 Å². The summed E-state index contributed by atoms with van der Waals surface area (Å²) in [6.45, 7) is 3.00. The topological polar surface area (TPSA) is 116 Å². The largest absolute Gasteiger partial charge is 0.486 e. The summed E-state index contributed by atoms with van der Waals surface area (Å²) < 4.78 is 46.3. The number of fused-ring (bicyclic) bond motifs is 2. The fourth-order valence-corrected chi connectivity index (χ4v) is 7.01. The molecule has 5 rings (SSSR count). The normalized spacial score (nSPS) is 18.6. The number of nitrogens with zero attached hydrogens (tertiary/aromatic N) is 3. The van der Waals surface area contributed by atoms with Crippen molar-refractivity contribution in [2.75, 3.05) is 33.4 Å². The van der Waals surface area contributed by atoms with E-state index in [0.29, 0.717) is 54.4 Å². The van der Waals surface area contributed by atoms with Crippen LogP contribution in [0, 0.1) is 12.8 Å². The first kappa shape index (κ1) is 25.4. The second kappa shape index (κ2) is 10.3. The molecule has 1 unspecified atom stereocenters. The molecule has 2 aromatic carbocycles. The van der Waals surface area contributed by atoms with Crippen LogP contribution in [-0.4, -0.2) is 62.6 Å². The minimum Gasteiger partial charge on any atom is -0.486 e. The lowest BCUT2D eigenvalue weighted by Crippen LogP contribution is -2.42. The van der Waals surface area contributed by atoms with Crippen LogP contribution in [0.2, 0.25) is 0 Å². The van der Waals surface area contributed by atoms with Gasteiger partial charge in [-0.05, 0) is 31.9 Å². The molecule has 196 valence electrons. The zero-order valence-electron chi connectivity index (χ0n) is 20.5. The summed E-state index contributed by atoms with van der Waals surface area (Å²) in [5, 5.41) is 0. The molecule has 3 aromatic rings. The molecule has 0 bridgehead atoms. The Morgan fingerprint density at radius 3 is 2.54 bits per heavy atom. The van der Waals surface area contributed by atoms with Gasteiger partial charge in [0, 0.05) is 25.2 Å². The molecule has 0 radical (unpaired) electrons. The second-order valence-electron chi connectivity index (χ2n) is 8.98. The van der Waals surface area contributed by atoms with Crippen LogP contribution in [0.25, 0.3) is 10.2 Å². The molecule has 2 aliphatic heterocycles. The summed E-state index contributed by atoms with van der Waals surface area (Å²) in [5.74, 6) is -0.363.